The molecule has 0 saturated heterocycles. The van der Waals surface area contributed by atoms with Crippen LogP contribution in [-0.2, 0) is 0 Å². The normalized spacial score (nSPS) is 34.4. The van der Waals surface area contributed by atoms with Gasteiger partial charge in [0.25, 0.3) is 0 Å². The Bertz CT molecular complexity index is 545. The molecule has 0 bridgehead atoms. The van der Waals surface area contributed by atoms with Gasteiger partial charge in [-0.1, -0.05) is 112 Å². The highest BCUT2D eigenvalue weighted by Crippen LogP contribution is 2.67. The van der Waals surface area contributed by atoms with E-state index in [0.29, 0.717) is 21.7 Å². The lowest BCUT2D eigenvalue weighted by Gasteiger charge is -2.64. The van der Waals surface area contributed by atoms with E-state index in [-0.39, 0.29) is 0 Å². The van der Waals surface area contributed by atoms with E-state index in [1.165, 1.54) is 89.9 Å². The van der Waals surface area contributed by atoms with E-state index >= 15 is 0 Å². The predicted molar refractivity (Wildman–Crippen MR) is 136 cm³/mol. The Hall–Kier alpha value is 0. The molecule has 4 aliphatic carbocycles. The van der Waals surface area contributed by atoms with Crippen molar-refractivity contribution in [3.63, 3.8) is 0 Å². The van der Waals surface area contributed by atoms with Gasteiger partial charge in [-0.25, -0.2) is 0 Å². The first kappa shape index (κ1) is 24.1. The third-order valence-corrected chi connectivity index (χ3v) is 12.6. The molecule has 180 valence electrons. The Kier molecular flexibility index (Phi) is 6.99. The highest BCUT2D eigenvalue weighted by Gasteiger charge is 2.59. The minimum atomic E-state index is 0.432. The van der Waals surface area contributed by atoms with Crippen LogP contribution in [0.2, 0.25) is 0 Å². The Morgan fingerprint density at radius 3 is 1.52 bits per heavy atom. The van der Waals surface area contributed by atoms with Gasteiger partial charge in [-0.2, -0.15) is 0 Å². The number of hydrogen-bond donors (Lipinski definition) is 0. The van der Waals surface area contributed by atoms with Gasteiger partial charge in [0.05, 0.1) is 0 Å². The van der Waals surface area contributed by atoms with Crippen LogP contribution in [0.1, 0.15) is 151 Å². The van der Waals surface area contributed by atoms with Crippen molar-refractivity contribution in [3.8, 4) is 0 Å². The van der Waals surface area contributed by atoms with Crippen LogP contribution in [0, 0.1) is 45.3 Å². The molecule has 4 fully saturated rings. The number of fused-ring (bicyclic) bond motifs is 1. The SMILES string of the molecule is CC1(C(C)(C)C(C2CCCC3CCCCC32)C(C)(C)C2(C)CCCCC2)CCCCC1. The van der Waals surface area contributed by atoms with Crippen molar-refractivity contribution in [2.24, 2.45) is 45.3 Å². The largest absolute Gasteiger partial charge is 0.0591 e. The molecule has 0 aromatic heterocycles. The van der Waals surface area contributed by atoms with Crippen LogP contribution in [-0.4, -0.2) is 0 Å². The van der Waals surface area contributed by atoms with E-state index in [0.717, 1.165) is 23.7 Å². The first-order valence-electron chi connectivity index (χ1n) is 14.6. The van der Waals surface area contributed by atoms with Crippen molar-refractivity contribution in [1.82, 2.24) is 0 Å². The molecule has 0 aromatic rings. The Morgan fingerprint density at radius 1 is 0.548 bits per heavy atom. The predicted octanol–water partition coefficient (Wildman–Crippen LogP) is 10.2. The average Bonchev–Trinajstić information content (AvgIpc) is 2.75. The maximum atomic E-state index is 2.77. The Morgan fingerprint density at radius 2 is 1.00 bits per heavy atom. The summed E-state index contributed by atoms with van der Waals surface area (Å²) < 4.78 is 0. The molecule has 0 spiro atoms. The molecule has 0 heteroatoms. The molecule has 0 nitrogen and oxygen atoms in total. The van der Waals surface area contributed by atoms with Gasteiger partial charge in [-0.05, 0) is 83.9 Å². The molecule has 3 atom stereocenters. The van der Waals surface area contributed by atoms with Crippen LogP contribution in [0.25, 0.3) is 0 Å². The van der Waals surface area contributed by atoms with Crippen LogP contribution >= 0.6 is 0 Å². The van der Waals surface area contributed by atoms with Crippen molar-refractivity contribution in [1.29, 1.82) is 0 Å². The van der Waals surface area contributed by atoms with Crippen molar-refractivity contribution in [2.75, 3.05) is 0 Å². The van der Waals surface area contributed by atoms with Gasteiger partial charge in [0, 0.05) is 0 Å². The topological polar surface area (TPSA) is 0 Å². The summed E-state index contributed by atoms with van der Waals surface area (Å²) in [5.74, 6) is 3.93. The van der Waals surface area contributed by atoms with Gasteiger partial charge in [0.2, 0.25) is 0 Å². The maximum absolute atomic E-state index is 2.77. The third kappa shape index (κ3) is 4.18. The van der Waals surface area contributed by atoms with Crippen molar-refractivity contribution >= 4 is 0 Å². The van der Waals surface area contributed by atoms with Gasteiger partial charge < -0.3 is 0 Å². The van der Waals surface area contributed by atoms with Crippen LogP contribution in [0.5, 0.6) is 0 Å². The van der Waals surface area contributed by atoms with Crippen LogP contribution in [0.3, 0.4) is 0 Å². The Balaban J connectivity index is 1.76. The molecule has 4 saturated carbocycles. The van der Waals surface area contributed by atoms with E-state index in [2.05, 4.69) is 41.5 Å². The fraction of sp³-hybridized carbons (Fsp3) is 1.00. The highest BCUT2D eigenvalue weighted by atomic mass is 14.6. The summed E-state index contributed by atoms with van der Waals surface area (Å²) in [5, 5.41) is 0. The van der Waals surface area contributed by atoms with Crippen LogP contribution in [0.4, 0.5) is 0 Å². The molecule has 0 aliphatic heterocycles. The fourth-order valence-electron chi connectivity index (χ4n) is 10.1. The van der Waals surface area contributed by atoms with Crippen molar-refractivity contribution in [2.45, 2.75) is 151 Å². The van der Waals surface area contributed by atoms with E-state index in [4.69, 9.17) is 0 Å². The fourth-order valence-corrected chi connectivity index (χ4v) is 10.1. The zero-order valence-electron chi connectivity index (χ0n) is 22.3. The van der Waals surface area contributed by atoms with Crippen molar-refractivity contribution < 1.29 is 0 Å². The molecule has 3 unspecified atom stereocenters. The second-order valence-electron chi connectivity index (χ2n) is 14.5. The van der Waals surface area contributed by atoms with Gasteiger partial charge in [0.1, 0.15) is 0 Å². The van der Waals surface area contributed by atoms with Crippen LogP contribution < -0.4 is 0 Å². The molecule has 0 amide bonds. The quantitative estimate of drug-likeness (QED) is 0.408. The zero-order valence-corrected chi connectivity index (χ0v) is 22.3. The standard InChI is InChI=1S/C31H56/c1-28(2,30(5)20-11-7-12-21-30)27(29(3,4)31(6)22-13-8-14-23-31)26-19-15-17-24-16-9-10-18-25(24)26/h24-27H,7-23H2,1-6H3. The second-order valence-corrected chi connectivity index (χ2v) is 14.5. The van der Waals surface area contributed by atoms with E-state index < -0.39 is 0 Å². The summed E-state index contributed by atoms with van der Waals surface area (Å²) in [6, 6.07) is 0. The monoisotopic (exact) mass is 428 g/mol. The lowest BCUT2D eigenvalue weighted by atomic mass is 9.40. The average molecular weight is 429 g/mol. The minimum Gasteiger partial charge on any atom is -0.0591 e. The Labute approximate surface area is 196 Å². The number of hydrogen-bond acceptors (Lipinski definition) is 0. The molecular weight excluding hydrogens is 372 g/mol. The first-order valence-corrected chi connectivity index (χ1v) is 14.6. The molecular formula is C31H56. The lowest BCUT2D eigenvalue weighted by molar-refractivity contribution is -0.158. The summed E-state index contributed by atoms with van der Waals surface area (Å²) >= 11 is 0. The molecule has 0 aromatic carbocycles. The van der Waals surface area contributed by atoms with Gasteiger partial charge in [-0.15, -0.1) is 0 Å². The zero-order chi connectivity index (χ0) is 22.3. The highest BCUT2D eigenvalue weighted by molar-refractivity contribution is 5.08. The molecule has 0 radical (unpaired) electrons. The smallest absolute Gasteiger partial charge is 0.0264 e. The maximum Gasteiger partial charge on any atom is -0.0264 e. The van der Waals surface area contributed by atoms with E-state index in [1.54, 1.807) is 19.3 Å². The van der Waals surface area contributed by atoms with E-state index in [9.17, 15) is 0 Å². The van der Waals surface area contributed by atoms with Crippen LogP contribution in [0.15, 0.2) is 0 Å². The lowest BCUT2D eigenvalue weighted by Crippen LogP contribution is -2.57. The summed E-state index contributed by atoms with van der Waals surface area (Å²) in [7, 11) is 0. The second kappa shape index (κ2) is 8.98. The molecule has 0 heterocycles. The summed E-state index contributed by atoms with van der Waals surface area (Å²) in [6.45, 7) is 16.5. The first-order chi connectivity index (χ1) is 14.6. The van der Waals surface area contributed by atoms with E-state index in [1.807, 2.05) is 0 Å². The summed E-state index contributed by atoms with van der Waals surface area (Å²) in [6.07, 6.45) is 25.5. The number of rotatable bonds is 5. The molecule has 4 aliphatic rings. The molecule has 0 N–H and O–H groups in total. The molecule has 4 rings (SSSR count). The van der Waals surface area contributed by atoms with Gasteiger partial charge in [0.15, 0.2) is 0 Å². The van der Waals surface area contributed by atoms with Crippen molar-refractivity contribution in [3.05, 3.63) is 0 Å². The third-order valence-electron chi connectivity index (χ3n) is 12.6. The van der Waals surface area contributed by atoms with Gasteiger partial charge in [-0.3, -0.25) is 0 Å². The minimum absolute atomic E-state index is 0.432. The molecule has 31 heavy (non-hydrogen) atoms. The van der Waals surface area contributed by atoms with Gasteiger partial charge >= 0.3 is 0 Å². The summed E-state index contributed by atoms with van der Waals surface area (Å²) in [5.41, 5.74) is 1.92. The summed E-state index contributed by atoms with van der Waals surface area (Å²) in [4.78, 5) is 0.